The molecule has 2 aromatic carbocycles. The maximum atomic E-state index is 13.0. The number of hydrogen-bond acceptors (Lipinski definition) is 11. The molecule has 0 spiro atoms. The van der Waals surface area contributed by atoms with Crippen LogP contribution in [0.5, 0.6) is 0 Å². The molecular formula is C29H31N9O6. The van der Waals surface area contributed by atoms with Crippen molar-refractivity contribution in [3.63, 3.8) is 0 Å². The van der Waals surface area contributed by atoms with Crippen LogP contribution in [0.15, 0.2) is 60.8 Å². The molecule has 15 nitrogen and oxygen atoms in total. The average molecular weight is 602 g/mol. The summed E-state index contributed by atoms with van der Waals surface area (Å²) in [6.45, 7) is 0.337. The summed E-state index contributed by atoms with van der Waals surface area (Å²) >= 11 is 0. The topological polar surface area (TPSA) is 240 Å². The van der Waals surface area contributed by atoms with Gasteiger partial charge in [0, 0.05) is 31.1 Å². The van der Waals surface area contributed by atoms with Crippen LogP contribution in [-0.4, -0.2) is 73.0 Å². The lowest BCUT2D eigenvalue weighted by Crippen LogP contribution is -2.52. The van der Waals surface area contributed by atoms with Gasteiger partial charge < -0.3 is 37.2 Å². The summed E-state index contributed by atoms with van der Waals surface area (Å²) < 4.78 is 0. The number of fused-ring (bicyclic) bond motifs is 1. The number of amides is 2. The third-order valence-electron chi connectivity index (χ3n) is 6.64. The second-order valence-electron chi connectivity index (χ2n) is 9.95. The Morgan fingerprint density at radius 2 is 1.61 bits per heavy atom. The van der Waals surface area contributed by atoms with Gasteiger partial charge >= 0.3 is 11.9 Å². The first kappa shape index (κ1) is 31.1. The molecule has 0 fully saturated rings. The van der Waals surface area contributed by atoms with Gasteiger partial charge in [-0.2, -0.15) is 9.97 Å². The molecule has 228 valence electrons. The van der Waals surface area contributed by atoms with Gasteiger partial charge in [-0.3, -0.25) is 14.4 Å². The van der Waals surface area contributed by atoms with Crippen molar-refractivity contribution >= 4 is 52.4 Å². The molecule has 0 bridgehead atoms. The van der Waals surface area contributed by atoms with E-state index in [9.17, 15) is 24.3 Å². The van der Waals surface area contributed by atoms with Gasteiger partial charge in [-0.05, 0) is 36.2 Å². The molecule has 0 saturated heterocycles. The second kappa shape index (κ2) is 13.9. The Bertz CT molecular complexity index is 1670. The van der Waals surface area contributed by atoms with Crippen LogP contribution in [0.3, 0.4) is 0 Å². The van der Waals surface area contributed by atoms with E-state index in [2.05, 4.69) is 30.6 Å². The molecule has 8 N–H and O–H groups in total. The first-order valence-corrected chi connectivity index (χ1v) is 13.5. The average Bonchev–Trinajstić information content (AvgIpc) is 2.99. The van der Waals surface area contributed by atoms with Crippen molar-refractivity contribution < 1.29 is 29.4 Å². The second-order valence-corrected chi connectivity index (χ2v) is 9.95. The number of benzene rings is 2. The number of aliphatic carboxylic acids is 2. The first-order valence-electron chi connectivity index (χ1n) is 13.5. The van der Waals surface area contributed by atoms with Gasteiger partial charge in [0.2, 0.25) is 11.9 Å². The van der Waals surface area contributed by atoms with Crippen LogP contribution in [0, 0.1) is 0 Å². The van der Waals surface area contributed by atoms with E-state index in [0.717, 1.165) is 5.69 Å². The van der Waals surface area contributed by atoms with Gasteiger partial charge in [0.15, 0.2) is 17.0 Å². The first-order chi connectivity index (χ1) is 21.0. The van der Waals surface area contributed by atoms with Gasteiger partial charge in [-0.15, -0.1) is 0 Å². The Balaban J connectivity index is 1.42. The highest BCUT2D eigenvalue weighted by Crippen LogP contribution is 2.19. The van der Waals surface area contributed by atoms with Gasteiger partial charge in [0.05, 0.1) is 18.4 Å². The number of rotatable bonds is 13. The van der Waals surface area contributed by atoms with E-state index in [1.807, 2.05) is 11.9 Å². The number of nitrogens with one attached hydrogen (secondary N) is 2. The Morgan fingerprint density at radius 3 is 2.27 bits per heavy atom. The number of carboxylic acids is 2. The summed E-state index contributed by atoms with van der Waals surface area (Å²) in [7, 11) is 1.81. The standard InChI is InChI=1S/C29H31N9O6/c1-38(15-18-14-32-25-23(33-18)24(30)36-29(31)37-25)19-9-7-17(8-10-19)26(41)34-20(11-12-22(39)40)27(42)35-21(28(43)44)13-16-5-3-2-4-6-16/h2-10,14,20-21H,11-13,15H2,1H3,(H,34,41)(H,35,42)(H,39,40)(H,43,44)(H4,30,31,32,36,37)/t20-,21-/m0/s1. The van der Waals surface area contributed by atoms with Crippen LogP contribution in [0.4, 0.5) is 17.5 Å². The fraction of sp³-hybridized carbons (Fsp3) is 0.241. The van der Waals surface area contributed by atoms with Crippen LogP contribution in [0.25, 0.3) is 11.2 Å². The third-order valence-corrected chi connectivity index (χ3v) is 6.64. The number of hydrogen-bond donors (Lipinski definition) is 6. The molecule has 4 aromatic rings. The van der Waals surface area contributed by atoms with Crippen LogP contribution in [0.1, 0.15) is 34.5 Å². The quantitative estimate of drug-likeness (QED) is 0.125. The van der Waals surface area contributed by atoms with Crippen molar-refractivity contribution in [3.8, 4) is 0 Å². The molecule has 0 saturated carbocycles. The van der Waals surface area contributed by atoms with Gasteiger partial charge in [0.25, 0.3) is 5.91 Å². The zero-order chi connectivity index (χ0) is 31.8. The number of carboxylic acid groups (broad SMARTS) is 2. The van der Waals surface area contributed by atoms with Gasteiger partial charge in [-0.25, -0.2) is 14.8 Å². The maximum Gasteiger partial charge on any atom is 0.326 e. The fourth-order valence-electron chi connectivity index (χ4n) is 4.36. The monoisotopic (exact) mass is 601 g/mol. The van der Waals surface area contributed by atoms with E-state index < -0.39 is 42.3 Å². The smallest absolute Gasteiger partial charge is 0.326 e. The van der Waals surface area contributed by atoms with Crippen molar-refractivity contribution in [2.45, 2.75) is 37.9 Å². The highest BCUT2D eigenvalue weighted by atomic mass is 16.4. The molecular weight excluding hydrogens is 570 g/mol. The molecule has 0 radical (unpaired) electrons. The van der Waals surface area contributed by atoms with Crippen LogP contribution < -0.4 is 27.0 Å². The Labute approximate surface area is 251 Å². The van der Waals surface area contributed by atoms with Crippen molar-refractivity contribution in [2.24, 2.45) is 0 Å². The van der Waals surface area contributed by atoms with E-state index >= 15 is 0 Å². The molecule has 0 aliphatic carbocycles. The highest BCUT2D eigenvalue weighted by molar-refractivity contribution is 5.98. The van der Waals surface area contributed by atoms with Crippen molar-refractivity contribution in [2.75, 3.05) is 23.4 Å². The predicted molar refractivity (Wildman–Crippen MR) is 160 cm³/mol. The molecule has 15 heteroatoms. The fourth-order valence-corrected chi connectivity index (χ4v) is 4.36. The molecule has 2 heterocycles. The predicted octanol–water partition coefficient (Wildman–Crippen LogP) is 0.996. The number of nitrogens with zero attached hydrogens (tertiary/aromatic N) is 5. The zero-order valence-corrected chi connectivity index (χ0v) is 23.7. The molecule has 0 unspecified atom stereocenters. The van der Waals surface area contributed by atoms with Crippen LogP contribution in [0.2, 0.25) is 0 Å². The minimum Gasteiger partial charge on any atom is -0.481 e. The largest absolute Gasteiger partial charge is 0.481 e. The number of anilines is 3. The number of nitrogens with two attached hydrogens (primary N) is 2. The Morgan fingerprint density at radius 1 is 0.909 bits per heavy atom. The number of carbonyl (C=O) groups excluding carboxylic acids is 2. The van der Waals surface area contributed by atoms with E-state index in [1.165, 1.54) is 0 Å². The number of nitrogen functional groups attached to an aromatic ring is 2. The van der Waals surface area contributed by atoms with Gasteiger partial charge in [0.1, 0.15) is 12.1 Å². The Hall–Kier alpha value is -5.86. The molecule has 2 aromatic heterocycles. The zero-order valence-electron chi connectivity index (χ0n) is 23.7. The summed E-state index contributed by atoms with van der Waals surface area (Å²) in [5.41, 5.74) is 14.3. The highest BCUT2D eigenvalue weighted by Gasteiger charge is 2.27. The number of aromatic nitrogens is 4. The molecule has 0 aliphatic rings. The van der Waals surface area contributed by atoms with E-state index in [0.29, 0.717) is 23.3 Å². The summed E-state index contributed by atoms with van der Waals surface area (Å²) in [6, 6.07) is 12.6. The summed E-state index contributed by atoms with van der Waals surface area (Å²) in [4.78, 5) is 67.6. The molecule has 0 aliphatic heterocycles. The molecule has 4 rings (SSSR count). The SMILES string of the molecule is CN(Cc1cnc2nc(N)nc(N)c2n1)c1ccc(C(=O)N[C@@H](CCC(=O)O)C(=O)N[C@@H](Cc2ccccc2)C(=O)O)cc1. The maximum absolute atomic E-state index is 13.0. The van der Waals surface area contributed by atoms with E-state index in [1.54, 1.807) is 60.8 Å². The van der Waals surface area contributed by atoms with E-state index in [-0.39, 0.29) is 35.8 Å². The van der Waals surface area contributed by atoms with Gasteiger partial charge in [-0.1, -0.05) is 30.3 Å². The van der Waals surface area contributed by atoms with E-state index in [4.69, 9.17) is 16.6 Å². The molecule has 2 amide bonds. The molecule has 2 atom stereocenters. The molecule has 44 heavy (non-hydrogen) atoms. The van der Waals surface area contributed by atoms with Crippen LogP contribution >= 0.6 is 0 Å². The number of carbonyl (C=O) groups is 4. The minimum atomic E-state index is -1.28. The van der Waals surface area contributed by atoms with Crippen molar-refractivity contribution in [1.82, 2.24) is 30.6 Å². The summed E-state index contributed by atoms with van der Waals surface area (Å²) in [6.07, 6.45) is 0.905. The van der Waals surface area contributed by atoms with Crippen LogP contribution in [-0.2, 0) is 27.3 Å². The summed E-state index contributed by atoms with van der Waals surface area (Å²) in [5.74, 6) is -3.75. The van der Waals surface area contributed by atoms with Crippen molar-refractivity contribution in [1.29, 1.82) is 0 Å². The summed E-state index contributed by atoms with van der Waals surface area (Å²) in [5, 5.41) is 23.8. The minimum absolute atomic E-state index is 0.000329. The lowest BCUT2D eigenvalue weighted by atomic mass is 10.0. The lowest BCUT2D eigenvalue weighted by Gasteiger charge is -2.22. The Kier molecular flexibility index (Phi) is 9.80. The lowest BCUT2D eigenvalue weighted by molar-refractivity contribution is -0.142. The van der Waals surface area contributed by atoms with Crippen molar-refractivity contribution in [3.05, 3.63) is 77.6 Å². The normalized spacial score (nSPS) is 12.2. The third kappa shape index (κ3) is 8.12.